The lowest BCUT2D eigenvalue weighted by Gasteiger charge is -2.14. The van der Waals surface area contributed by atoms with E-state index in [9.17, 15) is 13.2 Å². The zero-order valence-corrected chi connectivity index (χ0v) is 19.4. The Morgan fingerprint density at radius 2 is 1.90 bits per heavy atom. The van der Waals surface area contributed by atoms with Gasteiger partial charge in [-0.25, -0.2) is 4.99 Å². The van der Waals surface area contributed by atoms with Crippen molar-refractivity contribution >= 4 is 29.9 Å². The van der Waals surface area contributed by atoms with Gasteiger partial charge in [0.1, 0.15) is 18.4 Å². The van der Waals surface area contributed by atoms with Crippen molar-refractivity contribution in [1.29, 1.82) is 0 Å². The average Bonchev–Trinajstić information content (AvgIpc) is 3.18. The number of halogens is 4. The Kier molecular flexibility index (Phi) is 11.5. The molecule has 0 aliphatic heterocycles. The molecular formula is C19H28F3IN6O. The second-order valence-electron chi connectivity index (χ2n) is 6.54. The molecule has 30 heavy (non-hydrogen) atoms. The van der Waals surface area contributed by atoms with E-state index < -0.39 is 12.8 Å². The molecule has 0 spiro atoms. The molecule has 1 aromatic carbocycles. The fourth-order valence-corrected chi connectivity index (χ4v) is 2.56. The van der Waals surface area contributed by atoms with Crippen LogP contribution in [-0.4, -0.2) is 46.6 Å². The highest BCUT2D eigenvalue weighted by molar-refractivity contribution is 14.0. The summed E-state index contributed by atoms with van der Waals surface area (Å²) in [6, 6.07) is 5.17. The topological polar surface area (TPSA) is 76.4 Å². The van der Waals surface area contributed by atoms with Crippen LogP contribution in [0.2, 0.25) is 0 Å². The highest BCUT2D eigenvalue weighted by Gasteiger charge is 2.28. The zero-order valence-electron chi connectivity index (χ0n) is 17.1. The number of benzene rings is 1. The number of hydrogen-bond donors (Lipinski definition) is 2. The minimum atomic E-state index is -4.38. The molecule has 0 aliphatic rings. The summed E-state index contributed by atoms with van der Waals surface area (Å²) in [5, 5.41) is 13.9. The van der Waals surface area contributed by atoms with E-state index in [2.05, 4.69) is 25.8 Å². The summed E-state index contributed by atoms with van der Waals surface area (Å²) >= 11 is 0. The van der Waals surface area contributed by atoms with E-state index in [1.807, 2.05) is 17.6 Å². The van der Waals surface area contributed by atoms with E-state index >= 15 is 0 Å². The summed E-state index contributed by atoms with van der Waals surface area (Å²) in [5.41, 5.74) is 1.43. The van der Waals surface area contributed by atoms with Crippen LogP contribution in [0.4, 0.5) is 13.2 Å². The number of alkyl halides is 3. The Hall–Kier alpha value is -2.05. The van der Waals surface area contributed by atoms with Crippen molar-refractivity contribution in [3.05, 3.63) is 42.0 Å². The van der Waals surface area contributed by atoms with Crippen LogP contribution in [0.5, 0.6) is 5.75 Å². The minimum Gasteiger partial charge on any atom is -0.484 e. The van der Waals surface area contributed by atoms with Gasteiger partial charge in [0.15, 0.2) is 12.6 Å². The highest BCUT2D eigenvalue weighted by Crippen LogP contribution is 2.24. The van der Waals surface area contributed by atoms with Crippen LogP contribution in [0.25, 0.3) is 0 Å². The largest absolute Gasteiger partial charge is 0.484 e. The Labute approximate surface area is 191 Å². The number of unbranched alkanes of at least 4 members (excludes halogenated alkanes) is 1. The Morgan fingerprint density at radius 1 is 1.17 bits per heavy atom. The minimum absolute atomic E-state index is 0. The van der Waals surface area contributed by atoms with E-state index in [4.69, 9.17) is 4.74 Å². The summed E-state index contributed by atoms with van der Waals surface area (Å²) in [7, 11) is 0. The van der Waals surface area contributed by atoms with E-state index in [1.54, 1.807) is 31.7 Å². The molecule has 1 aromatic heterocycles. The van der Waals surface area contributed by atoms with Gasteiger partial charge < -0.3 is 19.9 Å². The van der Waals surface area contributed by atoms with E-state index in [0.717, 1.165) is 31.5 Å². The fourth-order valence-electron chi connectivity index (χ4n) is 2.56. The Morgan fingerprint density at radius 3 is 2.57 bits per heavy atom. The predicted octanol–water partition coefficient (Wildman–Crippen LogP) is 3.68. The summed E-state index contributed by atoms with van der Waals surface area (Å²) < 4.78 is 44.4. The zero-order chi connectivity index (χ0) is 21.1. The molecule has 0 atom stereocenters. The van der Waals surface area contributed by atoms with Gasteiger partial charge in [-0.3, -0.25) is 0 Å². The normalized spacial score (nSPS) is 11.7. The van der Waals surface area contributed by atoms with Crippen LogP contribution >= 0.6 is 24.0 Å². The number of rotatable bonds is 10. The number of nitrogens with one attached hydrogen (secondary N) is 2. The summed E-state index contributed by atoms with van der Waals surface area (Å²) in [4.78, 5) is 4.47. The van der Waals surface area contributed by atoms with Gasteiger partial charge in [-0.15, -0.1) is 34.2 Å². The smallest absolute Gasteiger partial charge is 0.422 e. The van der Waals surface area contributed by atoms with Crippen LogP contribution in [-0.2, 0) is 13.1 Å². The molecule has 0 fully saturated rings. The average molecular weight is 540 g/mol. The van der Waals surface area contributed by atoms with Crippen LogP contribution < -0.4 is 15.4 Å². The first-order valence-electron chi connectivity index (χ1n) is 9.51. The molecule has 11 heteroatoms. The van der Waals surface area contributed by atoms with Gasteiger partial charge in [0.05, 0.1) is 6.54 Å². The van der Waals surface area contributed by atoms with Gasteiger partial charge in [0.25, 0.3) is 0 Å². The fraction of sp³-hybridized carbons (Fsp3) is 0.526. The first-order chi connectivity index (χ1) is 13.9. The first kappa shape index (κ1) is 26.0. The van der Waals surface area contributed by atoms with Gasteiger partial charge in [0, 0.05) is 25.2 Å². The van der Waals surface area contributed by atoms with Crippen LogP contribution in [0, 0.1) is 6.92 Å². The van der Waals surface area contributed by atoms with Crippen LogP contribution in [0.15, 0.2) is 35.8 Å². The summed E-state index contributed by atoms with van der Waals surface area (Å²) in [6.07, 6.45) is 0.858. The molecule has 7 nitrogen and oxygen atoms in total. The van der Waals surface area contributed by atoms with Gasteiger partial charge in [-0.1, -0.05) is 12.1 Å². The number of ether oxygens (including phenoxy) is 1. The third-order valence-corrected chi connectivity index (χ3v) is 3.97. The molecule has 0 bridgehead atoms. The van der Waals surface area contributed by atoms with Crippen molar-refractivity contribution in [3.63, 3.8) is 0 Å². The highest BCUT2D eigenvalue weighted by atomic mass is 127. The van der Waals surface area contributed by atoms with Crippen molar-refractivity contribution in [1.82, 2.24) is 25.4 Å². The van der Waals surface area contributed by atoms with Gasteiger partial charge >= 0.3 is 6.18 Å². The molecule has 1 heterocycles. The van der Waals surface area contributed by atoms with Crippen molar-refractivity contribution in [2.45, 2.75) is 46.0 Å². The van der Waals surface area contributed by atoms with Gasteiger partial charge in [0.2, 0.25) is 0 Å². The maximum Gasteiger partial charge on any atom is 0.422 e. The summed E-state index contributed by atoms with van der Waals surface area (Å²) in [6.45, 7) is 4.89. The van der Waals surface area contributed by atoms with Crippen molar-refractivity contribution < 1.29 is 17.9 Å². The molecule has 0 saturated carbocycles. The Balaban J connectivity index is 0.00000450. The molecule has 0 saturated heterocycles. The number of aryl methyl sites for hydroxylation is 2. The van der Waals surface area contributed by atoms with Gasteiger partial charge in [-0.05, 0) is 38.3 Å². The molecule has 2 N–H and O–H groups in total. The van der Waals surface area contributed by atoms with Crippen molar-refractivity contribution in [2.24, 2.45) is 4.99 Å². The molecule has 2 rings (SSSR count). The van der Waals surface area contributed by atoms with Crippen LogP contribution in [0.1, 0.15) is 30.9 Å². The monoisotopic (exact) mass is 540 g/mol. The van der Waals surface area contributed by atoms with E-state index in [-0.39, 0.29) is 36.3 Å². The number of nitrogens with zero attached hydrogens (tertiary/aromatic N) is 4. The SMILES string of the molecule is CCNC(=NCc1ccc(C)cc1OCC(F)(F)F)NCCCCn1cnnc1.I. The van der Waals surface area contributed by atoms with Gasteiger partial charge in [-0.2, -0.15) is 13.2 Å². The van der Waals surface area contributed by atoms with Crippen molar-refractivity contribution in [2.75, 3.05) is 19.7 Å². The quantitative estimate of drug-likeness (QED) is 0.208. The molecular weight excluding hydrogens is 512 g/mol. The number of guanidine groups is 1. The number of hydrogen-bond acceptors (Lipinski definition) is 4. The second kappa shape index (κ2) is 13.3. The predicted molar refractivity (Wildman–Crippen MR) is 120 cm³/mol. The van der Waals surface area contributed by atoms with Crippen molar-refractivity contribution in [3.8, 4) is 5.75 Å². The third kappa shape index (κ3) is 10.1. The molecule has 0 radical (unpaired) electrons. The maximum absolute atomic E-state index is 12.5. The lowest BCUT2D eigenvalue weighted by molar-refractivity contribution is -0.153. The molecule has 0 aliphatic carbocycles. The molecule has 2 aromatic rings. The Bertz CT molecular complexity index is 768. The molecule has 0 unspecified atom stereocenters. The second-order valence-corrected chi connectivity index (χ2v) is 6.54. The standard InChI is InChI=1S/C19H27F3N6O.HI/c1-3-23-18(24-8-4-5-9-28-13-26-27-14-28)25-11-16-7-6-15(2)10-17(16)29-12-19(20,21)22;/h6-7,10,13-14H,3-5,8-9,11-12H2,1-2H3,(H2,23,24,25);1H. The third-order valence-electron chi connectivity index (χ3n) is 3.97. The van der Waals surface area contributed by atoms with E-state index in [0.29, 0.717) is 18.1 Å². The number of aromatic nitrogens is 3. The lowest BCUT2D eigenvalue weighted by Crippen LogP contribution is -2.37. The maximum atomic E-state index is 12.5. The number of aliphatic imine (C=N–C) groups is 1. The molecule has 168 valence electrons. The molecule has 0 amide bonds. The van der Waals surface area contributed by atoms with Crippen LogP contribution in [0.3, 0.4) is 0 Å². The summed E-state index contributed by atoms with van der Waals surface area (Å²) in [5.74, 6) is 0.815. The first-order valence-corrected chi connectivity index (χ1v) is 9.51. The lowest BCUT2D eigenvalue weighted by atomic mass is 10.1. The van der Waals surface area contributed by atoms with E-state index in [1.165, 1.54) is 0 Å².